The number of ether oxygens (including phenoxy) is 3. The highest BCUT2D eigenvalue weighted by Crippen LogP contribution is 2.41. The third-order valence-corrected chi connectivity index (χ3v) is 8.94. The van der Waals surface area contributed by atoms with Gasteiger partial charge in [0, 0.05) is 60.1 Å². The molecule has 0 aliphatic carbocycles. The number of methoxy groups -OCH3 is 1. The van der Waals surface area contributed by atoms with E-state index in [0.29, 0.717) is 46.9 Å². The number of nitrogens with zero attached hydrogens (tertiary/aromatic N) is 6. The van der Waals surface area contributed by atoms with Crippen LogP contribution in [-0.2, 0) is 29.5 Å². The van der Waals surface area contributed by atoms with Crippen LogP contribution >= 0.6 is 0 Å². The summed E-state index contributed by atoms with van der Waals surface area (Å²) >= 11 is 0. The molecule has 50 heavy (non-hydrogen) atoms. The van der Waals surface area contributed by atoms with Crippen molar-refractivity contribution in [3.8, 4) is 28.4 Å². The van der Waals surface area contributed by atoms with Crippen molar-refractivity contribution in [3.05, 3.63) is 113 Å². The molecule has 1 saturated heterocycles. The quantitative estimate of drug-likeness (QED) is 0.152. The Hall–Kier alpha value is -5.56. The summed E-state index contributed by atoms with van der Waals surface area (Å²) in [7, 11) is 3.07. The van der Waals surface area contributed by atoms with E-state index in [0.717, 1.165) is 12.1 Å². The van der Waals surface area contributed by atoms with Gasteiger partial charge < -0.3 is 18.8 Å². The number of carbonyl (C=O) groups excluding carboxylic acids is 1. The van der Waals surface area contributed by atoms with Gasteiger partial charge >= 0.3 is 5.97 Å². The Morgan fingerprint density at radius 2 is 1.80 bits per heavy atom. The van der Waals surface area contributed by atoms with Crippen LogP contribution in [0.5, 0.6) is 5.88 Å². The average molecular weight is 683 g/mol. The summed E-state index contributed by atoms with van der Waals surface area (Å²) in [4.78, 5) is 25.8. The van der Waals surface area contributed by atoms with Gasteiger partial charge in [0.25, 0.3) is 0 Å². The maximum Gasteiger partial charge on any atom is 0.337 e. The SMILES string of the molecule is COC(=O)c1ccc2nc(Cc3cc(F)c(-c4cccc(OCc5cnc(-c6cnn(C)c6)cc5F)n4)cc3F)n(C3COCC3(C)C)c2c1. The van der Waals surface area contributed by atoms with Gasteiger partial charge in [0.2, 0.25) is 5.88 Å². The highest BCUT2D eigenvalue weighted by Gasteiger charge is 2.39. The van der Waals surface area contributed by atoms with Gasteiger partial charge in [-0.3, -0.25) is 9.67 Å². The average Bonchev–Trinajstić information content (AvgIpc) is 3.80. The molecule has 1 atom stereocenters. The molecule has 4 aromatic heterocycles. The molecule has 1 unspecified atom stereocenters. The van der Waals surface area contributed by atoms with Gasteiger partial charge in [-0.2, -0.15) is 5.10 Å². The van der Waals surface area contributed by atoms with Crippen molar-refractivity contribution in [2.24, 2.45) is 12.5 Å². The van der Waals surface area contributed by atoms with Crippen molar-refractivity contribution in [1.29, 1.82) is 0 Å². The largest absolute Gasteiger partial charge is 0.473 e. The maximum absolute atomic E-state index is 15.8. The highest BCUT2D eigenvalue weighted by molar-refractivity contribution is 5.93. The highest BCUT2D eigenvalue weighted by atomic mass is 19.1. The van der Waals surface area contributed by atoms with Crippen LogP contribution in [0.15, 0.2) is 73.2 Å². The van der Waals surface area contributed by atoms with Gasteiger partial charge in [0.1, 0.15) is 29.9 Å². The normalized spacial score (nSPS) is 15.5. The van der Waals surface area contributed by atoms with E-state index in [-0.39, 0.29) is 52.7 Å². The van der Waals surface area contributed by atoms with Crippen LogP contribution in [0.1, 0.15) is 47.2 Å². The molecule has 10 nitrogen and oxygen atoms in total. The fourth-order valence-corrected chi connectivity index (χ4v) is 6.20. The van der Waals surface area contributed by atoms with Gasteiger partial charge in [0.15, 0.2) is 0 Å². The molecule has 0 N–H and O–H groups in total. The predicted octanol–water partition coefficient (Wildman–Crippen LogP) is 6.87. The molecule has 0 spiro atoms. The number of esters is 1. The van der Waals surface area contributed by atoms with Crippen LogP contribution in [0.4, 0.5) is 13.2 Å². The van der Waals surface area contributed by atoms with Crippen LogP contribution in [0.25, 0.3) is 33.5 Å². The van der Waals surface area contributed by atoms with Crippen molar-refractivity contribution in [1.82, 2.24) is 29.3 Å². The first kappa shape index (κ1) is 33.0. The second-order valence-corrected chi connectivity index (χ2v) is 12.9. The Morgan fingerprint density at radius 3 is 2.52 bits per heavy atom. The minimum Gasteiger partial charge on any atom is -0.473 e. The molecule has 0 bridgehead atoms. The summed E-state index contributed by atoms with van der Waals surface area (Å²) in [5.74, 6) is -1.74. The molecule has 6 aromatic rings. The number of fused-ring (bicyclic) bond motifs is 1. The summed E-state index contributed by atoms with van der Waals surface area (Å²) in [6, 6.07) is 13.1. The number of aryl methyl sites for hydroxylation is 1. The van der Waals surface area contributed by atoms with Crippen LogP contribution in [-0.4, -0.2) is 55.6 Å². The first-order valence-electron chi connectivity index (χ1n) is 15.9. The Kier molecular flexibility index (Phi) is 8.60. The molecule has 0 amide bonds. The van der Waals surface area contributed by atoms with Gasteiger partial charge in [-0.25, -0.2) is 27.9 Å². The summed E-state index contributed by atoms with van der Waals surface area (Å²) in [5, 5.41) is 4.08. The number of halogens is 3. The van der Waals surface area contributed by atoms with E-state index in [1.807, 2.05) is 4.57 Å². The van der Waals surface area contributed by atoms with Gasteiger partial charge in [-0.15, -0.1) is 0 Å². The molecule has 2 aromatic carbocycles. The van der Waals surface area contributed by atoms with Crippen molar-refractivity contribution in [3.63, 3.8) is 0 Å². The summed E-state index contributed by atoms with van der Waals surface area (Å²) in [6.07, 6.45) is 4.68. The van der Waals surface area contributed by atoms with Crippen molar-refractivity contribution < 1.29 is 32.2 Å². The summed E-state index contributed by atoms with van der Waals surface area (Å²) in [6.45, 7) is 4.86. The number of carbonyl (C=O) groups is 1. The molecule has 1 fully saturated rings. The zero-order valence-corrected chi connectivity index (χ0v) is 27.8. The first-order chi connectivity index (χ1) is 24.0. The fraction of sp³-hybridized carbons (Fsp3) is 0.270. The zero-order valence-electron chi connectivity index (χ0n) is 27.8. The summed E-state index contributed by atoms with van der Waals surface area (Å²) < 4.78 is 66.4. The first-order valence-corrected chi connectivity index (χ1v) is 15.9. The predicted molar refractivity (Wildman–Crippen MR) is 178 cm³/mol. The van der Waals surface area contributed by atoms with Crippen molar-refractivity contribution in [2.45, 2.75) is 32.9 Å². The Labute approximate surface area is 285 Å². The number of benzene rings is 2. The number of rotatable bonds is 9. The van der Waals surface area contributed by atoms with Crippen molar-refractivity contribution in [2.75, 3.05) is 20.3 Å². The third kappa shape index (κ3) is 6.31. The van der Waals surface area contributed by atoms with Crippen LogP contribution in [0.2, 0.25) is 0 Å². The molecule has 1 aliphatic heterocycles. The molecule has 7 rings (SSSR count). The van der Waals surface area contributed by atoms with Crippen molar-refractivity contribution >= 4 is 17.0 Å². The number of aromatic nitrogens is 6. The van der Waals surface area contributed by atoms with E-state index >= 15 is 8.78 Å². The fourth-order valence-electron chi connectivity index (χ4n) is 6.20. The molecule has 0 saturated carbocycles. The molecule has 5 heterocycles. The summed E-state index contributed by atoms with van der Waals surface area (Å²) in [5.41, 5.74) is 2.82. The monoisotopic (exact) mass is 682 g/mol. The van der Waals surface area contributed by atoms with E-state index in [1.54, 1.807) is 54.5 Å². The molecular formula is C37H33F3N6O4. The second-order valence-electron chi connectivity index (χ2n) is 12.9. The van der Waals surface area contributed by atoms with E-state index in [4.69, 9.17) is 19.2 Å². The minimum atomic E-state index is -0.688. The van der Waals surface area contributed by atoms with Gasteiger partial charge in [0.05, 0.1) is 60.5 Å². The van der Waals surface area contributed by atoms with Crippen LogP contribution in [0.3, 0.4) is 0 Å². The topological polar surface area (TPSA) is 106 Å². The number of hydrogen-bond acceptors (Lipinski definition) is 8. The van der Waals surface area contributed by atoms with Crippen LogP contribution < -0.4 is 4.74 Å². The minimum absolute atomic E-state index is 0.0202. The van der Waals surface area contributed by atoms with E-state index in [9.17, 15) is 9.18 Å². The van der Waals surface area contributed by atoms with E-state index < -0.39 is 23.4 Å². The molecule has 13 heteroatoms. The molecule has 1 aliphatic rings. The standard InChI is InChI=1S/C37H33F3N6O4/c1-37(2)20-49-19-33(37)46-32-11-21(36(47)48-4)8-9-30(32)43-34(46)12-22-10-28(40)25(13-26(22)38)29-6-5-7-35(44-29)50-18-24-15-41-31(14-27(24)39)23-16-42-45(3)17-23/h5-11,13-17,33H,12,18-20H2,1-4H3. The maximum atomic E-state index is 15.8. The lowest BCUT2D eigenvalue weighted by Gasteiger charge is -2.28. The van der Waals surface area contributed by atoms with E-state index in [1.165, 1.54) is 25.4 Å². The lowest BCUT2D eigenvalue weighted by molar-refractivity contribution is 0.0601. The van der Waals surface area contributed by atoms with E-state index in [2.05, 4.69) is 28.9 Å². The smallest absolute Gasteiger partial charge is 0.337 e. The molecular weight excluding hydrogens is 649 g/mol. The zero-order chi connectivity index (χ0) is 35.2. The third-order valence-electron chi connectivity index (χ3n) is 8.94. The lowest BCUT2D eigenvalue weighted by atomic mass is 9.87. The number of hydrogen-bond donors (Lipinski definition) is 0. The van der Waals surface area contributed by atoms with Gasteiger partial charge in [-0.1, -0.05) is 19.9 Å². The Morgan fingerprint density at radius 1 is 0.980 bits per heavy atom. The number of pyridine rings is 2. The van der Waals surface area contributed by atoms with Crippen LogP contribution in [0, 0.1) is 22.9 Å². The Bertz CT molecular complexity index is 2250. The lowest BCUT2D eigenvalue weighted by Crippen LogP contribution is -2.27. The number of imidazole rings is 1. The molecule has 0 radical (unpaired) electrons. The second kappa shape index (κ2) is 13.0. The molecule has 256 valence electrons. The van der Waals surface area contributed by atoms with Gasteiger partial charge in [-0.05, 0) is 42.0 Å². The Balaban J connectivity index is 1.14.